The van der Waals surface area contributed by atoms with Gasteiger partial charge in [-0.25, -0.2) is 0 Å². The molecule has 0 spiro atoms. The van der Waals surface area contributed by atoms with Crippen LogP contribution in [0.3, 0.4) is 0 Å². The number of ether oxygens (including phenoxy) is 2. The molecule has 1 aromatic rings. The molecule has 0 aliphatic rings. The minimum Gasteiger partial charge on any atom is -0.497 e. The molecule has 0 saturated heterocycles. The second-order valence-corrected chi connectivity index (χ2v) is 4.82. The normalized spacial score (nSPS) is 11.8. The lowest BCUT2D eigenvalue weighted by atomic mass is 10.1. The highest BCUT2D eigenvalue weighted by atomic mass is 16.5. The van der Waals surface area contributed by atoms with E-state index in [1.54, 1.807) is 14.2 Å². The summed E-state index contributed by atoms with van der Waals surface area (Å²) in [5.74, 6) is 1.85. The molecule has 0 fully saturated rings. The highest BCUT2D eigenvalue weighted by Crippen LogP contribution is 2.24. The summed E-state index contributed by atoms with van der Waals surface area (Å²) >= 11 is 0. The van der Waals surface area contributed by atoms with E-state index in [1.165, 1.54) is 0 Å². The molecule has 1 aromatic carbocycles. The fourth-order valence-corrected chi connectivity index (χ4v) is 1.79. The molecule has 1 unspecified atom stereocenters. The number of rotatable bonds is 8. The van der Waals surface area contributed by atoms with Gasteiger partial charge in [-0.3, -0.25) is 4.79 Å². The first-order chi connectivity index (χ1) is 9.60. The molecule has 112 valence electrons. The monoisotopic (exact) mass is 280 g/mol. The standard InChI is InChI=1S/C15H24N2O3/c1-11(9-16)10-17-15(18)7-4-12-8-13(19-2)5-6-14(12)20-3/h5-6,8,11H,4,7,9-10,16H2,1-3H3,(H,17,18). The molecule has 0 aliphatic heterocycles. The van der Waals surface area contributed by atoms with Gasteiger partial charge in [0.05, 0.1) is 14.2 Å². The fourth-order valence-electron chi connectivity index (χ4n) is 1.79. The molecule has 0 saturated carbocycles. The number of hydrogen-bond donors (Lipinski definition) is 2. The third-order valence-electron chi connectivity index (χ3n) is 3.16. The van der Waals surface area contributed by atoms with Crippen molar-refractivity contribution < 1.29 is 14.3 Å². The van der Waals surface area contributed by atoms with Gasteiger partial charge in [-0.15, -0.1) is 0 Å². The lowest BCUT2D eigenvalue weighted by molar-refractivity contribution is -0.121. The summed E-state index contributed by atoms with van der Waals surface area (Å²) in [7, 11) is 3.24. The molecule has 1 amide bonds. The summed E-state index contributed by atoms with van der Waals surface area (Å²) in [6, 6.07) is 5.59. The fraction of sp³-hybridized carbons (Fsp3) is 0.533. The van der Waals surface area contributed by atoms with E-state index in [1.807, 2.05) is 25.1 Å². The lowest BCUT2D eigenvalue weighted by Crippen LogP contribution is -2.31. The van der Waals surface area contributed by atoms with E-state index in [-0.39, 0.29) is 5.91 Å². The summed E-state index contributed by atoms with van der Waals surface area (Å²) in [6.07, 6.45) is 1.03. The Morgan fingerprint density at radius 1 is 1.35 bits per heavy atom. The molecule has 3 N–H and O–H groups in total. The first-order valence-electron chi connectivity index (χ1n) is 6.78. The second-order valence-electron chi connectivity index (χ2n) is 4.82. The van der Waals surface area contributed by atoms with Gasteiger partial charge in [-0.1, -0.05) is 6.92 Å². The van der Waals surface area contributed by atoms with Crippen molar-refractivity contribution in [3.63, 3.8) is 0 Å². The van der Waals surface area contributed by atoms with E-state index < -0.39 is 0 Å². The second kappa shape index (κ2) is 8.43. The van der Waals surface area contributed by atoms with Gasteiger partial charge in [0, 0.05) is 13.0 Å². The molecule has 0 aromatic heterocycles. The van der Waals surface area contributed by atoms with Crippen LogP contribution >= 0.6 is 0 Å². The van der Waals surface area contributed by atoms with Crippen molar-refractivity contribution in [1.29, 1.82) is 0 Å². The topological polar surface area (TPSA) is 73.6 Å². The van der Waals surface area contributed by atoms with Gasteiger partial charge < -0.3 is 20.5 Å². The maximum absolute atomic E-state index is 11.8. The zero-order valence-electron chi connectivity index (χ0n) is 12.4. The van der Waals surface area contributed by atoms with Crippen LogP contribution in [0.25, 0.3) is 0 Å². The van der Waals surface area contributed by atoms with Gasteiger partial charge in [0.1, 0.15) is 11.5 Å². The molecular weight excluding hydrogens is 256 g/mol. The zero-order valence-corrected chi connectivity index (χ0v) is 12.4. The van der Waals surface area contributed by atoms with Crippen molar-refractivity contribution in [2.24, 2.45) is 11.7 Å². The zero-order chi connectivity index (χ0) is 15.0. The molecule has 0 heterocycles. The number of carbonyl (C=O) groups excluding carboxylic acids is 1. The molecular formula is C15H24N2O3. The van der Waals surface area contributed by atoms with Crippen LogP contribution in [0.1, 0.15) is 18.9 Å². The van der Waals surface area contributed by atoms with Crippen LogP contribution in [-0.2, 0) is 11.2 Å². The van der Waals surface area contributed by atoms with Crippen molar-refractivity contribution in [3.8, 4) is 11.5 Å². The minimum atomic E-state index is 0.0233. The van der Waals surface area contributed by atoms with Gasteiger partial charge in [0.2, 0.25) is 5.91 Å². The smallest absolute Gasteiger partial charge is 0.220 e. The Hall–Kier alpha value is -1.75. The molecule has 0 radical (unpaired) electrons. The van der Waals surface area contributed by atoms with Gasteiger partial charge in [0.25, 0.3) is 0 Å². The van der Waals surface area contributed by atoms with E-state index in [4.69, 9.17) is 15.2 Å². The Labute approximate surface area is 120 Å². The Kier molecular flexibility index (Phi) is 6.87. The third-order valence-corrected chi connectivity index (χ3v) is 3.16. The highest BCUT2D eigenvalue weighted by Gasteiger charge is 2.09. The van der Waals surface area contributed by atoms with Crippen LogP contribution in [0.15, 0.2) is 18.2 Å². The number of amides is 1. The summed E-state index contributed by atoms with van der Waals surface area (Å²) in [5, 5.41) is 2.88. The molecule has 5 nitrogen and oxygen atoms in total. The van der Waals surface area contributed by atoms with E-state index in [9.17, 15) is 4.79 Å². The van der Waals surface area contributed by atoms with Crippen molar-refractivity contribution in [2.45, 2.75) is 19.8 Å². The summed E-state index contributed by atoms with van der Waals surface area (Å²) in [5.41, 5.74) is 6.48. The van der Waals surface area contributed by atoms with Crippen molar-refractivity contribution in [2.75, 3.05) is 27.3 Å². The summed E-state index contributed by atoms with van der Waals surface area (Å²) < 4.78 is 10.5. The van der Waals surface area contributed by atoms with Gasteiger partial charge in [0.15, 0.2) is 0 Å². The number of hydrogen-bond acceptors (Lipinski definition) is 4. The minimum absolute atomic E-state index is 0.0233. The predicted molar refractivity (Wildman–Crippen MR) is 79.1 cm³/mol. The lowest BCUT2D eigenvalue weighted by Gasteiger charge is -2.12. The Bertz CT molecular complexity index is 435. The SMILES string of the molecule is COc1ccc(OC)c(CCC(=O)NCC(C)CN)c1. The quantitative estimate of drug-likeness (QED) is 0.754. The summed E-state index contributed by atoms with van der Waals surface area (Å²) in [6.45, 7) is 3.19. The third kappa shape index (κ3) is 5.09. The average Bonchev–Trinajstić information content (AvgIpc) is 2.49. The van der Waals surface area contributed by atoms with Crippen molar-refractivity contribution >= 4 is 5.91 Å². The molecule has 0 aliphatic carbocycles. The van der Waals surface area contributed by atoms with E-state index in [2.05, 4.69) is 5.32 Å². The van der Waals surface area contributed by atoms with Crippen LogP contribution < -0.4 is 20.5 Å². The Morgan fingerprint density at radius 2 is 2.10 bits per heavy atom. The van der Waals surface area contributed by atoms with Crippen LogP contribution in [-0.4, -0.2) is 33.2 Å². The number of carbonyl (C=O) groups is 1. The van der Waals surface area contributed by atoms with Crippen molar-refractivity contribution in [3.05, 3.63) is 23.8 Å². The van der Waals surface area contributed by atoms with E-state index in [0.717, 1.165) is 17.1 Å². The predicted octanol–water partition coefficient (Wildman–Crippen LogP) is 1.35. The maximum Gasteiger partial charge on any atom is 0.220 e. The number of aryl methyl sites for hydroxylation is 1. The number of nitrogens with one attached hydrogen (secondary N) is 1. The van der Waals surface area contributed by atoms with Gasteiger partial charge >= 0.3 is 0 Å². The van der Waals surface area contributed by atoms with Crippen LogP contribution in [0.2, 0.25) is 0 Å². The van der Waals surface area contributed by atoms with Gasteiger partial charge in [-0.05, 0) is 42.6 Å². The van der Waals surface area contributed by atoms with Crippen LogP contribution in [0, 0.1) is 5.92 Å². The van der Waals surface area contributed by atoms with Crippen molar-refractivity contribution in [1.82, 2.24) is 5.32 Å². The van der Waals surface area contributed by atoms with E-state index >= 15 is 0 Å². The molecule has 0 bridgehead atoms. The van der Waals surface area contributed by atoms with E-state index in [0.29, 0.717) is 31.8 Å². The maximum atomic E-state index is 11.8. The highest BCUT2D eigenvalue weighted by molar-refractivity contribution is 5.76. The van der Waals surface area contributed by atoms with Crippen LogP contribution in [0.5, 0.6) is 11.5 Å². The average molecular weight is 280 g/mol. The first-order valence-corrected chi connectivity index (χ1v) is 6.78. The molecule has 20 heavy (non-hydrogen) atoms. The van der Waals surface area contributed by atoms with Crippen LogP contribution in [0.4, 0.5) is 0 Å². The summed E-state index contributed by atoms with van der Waals surface area (Å²) in [4.78, 5) is 11.8. The molecule has 1 rings (SSSR count). The largest absolute Gasteiger partial charge is 0.497 e. The number of methoxy groups -OCH3 is 2. The number of nitrogens with two attached hydrogens (primary N) is 1. The van der Waals surface area contributed by atoms with Gasteiger partial charge in [-0.2, -0.15) is 0 Å². The Morgan fingerprint density at radius 3 is 2.70 bits per heavy atom. The first kappa shape index (κ1) is 16.3. The molecule has 5 heteroatoms. The molecule has 1 atom stereocenters. The Balaban J connectivity index is 2.53. The number of benzene rings is 1.